The molecule has 0 radical (unpaired) electrons. The van der Waals surface area contributed by atoms with Gasteiger partial charge in [-0.15, -0.1) is 0 Å². The molecule has 1 fully saturated rings. The Hall–Kier alpha value is -2.25. The Kier molecular flexibility index (Phi) is 6.62. The van der Waals surface area contributed by atoms with Gasteiger partial charge < -0.3 is 15.2 Å². The van der Waals surface area contributed by atoms with Gasteiger partial charge in [0.25, 0.3) is 0 Å². The minimum Gasteiger partial charge on any atom is -0.771 e. The summed E-state index contributed by atoms with van der Waals surface area (Å²) in [5.41, 5.74) is 4.89. The Morgan fingerprint density at radius 1 is 1.30 bits per heavy atom. The van der Waals surface area contributed by atoms with Crippen molar-refractivity contribution in [3.63, 3.8) is 0 Å². The first-order chi connectivity index (χ1) is 14.1. The van der Waals surface area contributed by atoms with E-state index in [2.05, 4.69) is 48.5 Å². The van der Waals surface area contributed by atoms with Crippen molar-refractivity contribution < 1.29 is 13.6 Å². The molecule has 1 aromatic carbocycles. The van der Waals surface area contributed by atoms with E-state index in [0.29, 0.717) is 0 Å². The van der Waals surface area contributed by atoms with Crippen molar-refractivity contribution >= 4 is 22.7 Å². The van der Waals surface area contributed by atoms with Crippen molar-refractivity contribution in [1.82, 2.24) is 10.3 Å². The highest BCUT2D eigenvalue weighted by Gasteiger charge is 2.44. The number of aryl methyl sites for hydroxylation is 1. The maximum absolute atomic E-state index is 12.7. The van der Waals surface area contributed by atoms with Crippen LogP contribution in [-0.4, -0.2) is 25.5 Å². The van der Waals surface area contributed by atoms with Crippen LogP contribution in [0.4, 0.5) is 5.69 Å². The second kappa shape index (κ2) is 8.86. The lowest BCUT2D eigenvalue weighted by Gasteiger charge is -2.18. The summed E-state index contributed by atoms with van der Waals surface area (Å²) in [6.45, 7) is 10.3. The average Bonchev–Trinajstić information content (AvgIpc) is 3.47. The van der Waals surface area contributed by atoms with E-state index in [-0.39, 0.29) is 35.1 Å². The molecule has 0 bridgehead atoms. The summed E-state index contributed by atoms with van der Waals surface area (Å²) in [6.07, 6.45) is 2.76. The molecular weight excluding hydrogens is 398 g/mol. The predicted molar refractivity (Wildman–Crippen MR) is 119 cm³/mol. The van der Waals surface area contributed by atoms with Crippen LogP contribution in [0.25, 0.3) is 0 Å². The molecule has 3 unspecified atom stereocenters. The molecule has 1 amide bonds. The van der Waals surface area contributed by atoms with Gasteiger partial charge in [-0.3, -0.25) is 14.0 Å². The lowest BCUT2D eigenvalue weighted by Crippen LogP contribution is -2.28. The highest BCUT2D eigenvalue weighted by atomic mass is 32.2. The van der Waals surface area contributed by atoms with Gasteiger partial charge in [0.2, 0.25) is 5.91 Å². The van der Waals surface area contributed by atoms with E-state index in [1.54, 1.807) is 0 Å². The molecule has 1 aliphatic carbocycles. The molecule has 3 rings (SSSR count). The van der Waals surface area contributed by atoms with Crippen molar-refractivity contribution in [2.45, 2.75) is 58.4 Å². The second-order valence-electron chi connectivity index (χ2n) is 9.10. The number of carbonyl (C=O) groups excluding carboxylic acids is 1. The minimum absolute atomic E-state index is 0.0104. The third-order valence-electron chi connectivity index (χ3n) is 5.60. The number of rotatable bonds is 7. The van der Waals surface area contributed by atoms with Crippen LogP contribution in [0, 0.1) is 12.8 Å². The van der Waals surface area contributed by atoms with Crippen molar-refractivity contribution in [3.8, 4) is 0 Å². The lowest BCUT2D eigenvalue weighted by molar-refractivity contribution is -0.123. The van der Waals surface area contributed by atoms with Crippen molar-refractivity contribution in [1.29, 1.82) is 0 Å². The average molecular weight is 429 g/mol. The molecule has 2 aromatic rings. The Morgan fingerprint density at radius 2 is 2.03 bits per heavy atom. The second-order valence-corrected chi connectivity index (χ2v) is 10.0. The molecule has 0 aliphatic heterocycles. The van der Waals surface area contributed by atoms with Gasteiger partial charge in [0, 0.05) is 28.9 Å². The molecule has 1 saturated carbocycles. The van der Waals surface area contributed by atoms with E-state index < -0.39 is 11.1 Å². The van der Waals surface area contributed by atoms with E-state index in [1.807, 2.05) is 38.2 Å². The Bertz CT molecular complexity index is 938. The van der Waals surface area contributed by atoms with Crippen LogP contribution in [-0.2, 0) is 21.3 Å². The first kappa shape index (κ1) is 22.4. The summed E-state index contributed by atoms with van der Waals surface area (Å²) < 4.78 is 21.5. The van der Waals surface area contributed by atoms with Crippen LogP contribution >= 0.6 is 0 Å². The first-order valence-corrected chi connectivity index (χ1v) is 11.5. The van der Waals surface area contributed by atoms with E-state index in [4.69, 9.17) is 0 Å². The molecule has 1 heterocycles. The van der Waals surface area contributed by atoms with Gasteiger partial charge in [-0.1, -0.05) is 39.0 Å². The van der Waals surface area contributed by atoms with E-state index in [0.717, 1.165) is 34.5 Å². The van der Waals surface area contributed by atoms with Crippen LogP contribution in [0.15, 0.2) is 36.5 Å². The van der Waals surface area contributed by atoms with Crippen LogP contribution < -0.4 is 10.6 Å². The minimum atomic E-state index is -2.14. The number of pyridine rings is 1. The maximum atomic E-state index is 12.7. The van der Waals surface area contributed by atoms with Gasteiger partial charge in [0.1, 0.15) is 0 Å². The number of anilines is 1. The van der Waals surface area contributed by atoms with Crippen molar-refractivity contribution in [3.05, 3.63) is 58.9 Å². The highest BCUT2D eigenvalue weighted by molar-refractivity contribution is 7.79. The summed E-state index contributed by atoms with van der Waals surface area (Å²) >= 11 is -2.14. The monoisotopic (exact) mass is 428 g/mol. The largest absolute Gasteiger partial charge is 0.771 e. The summed E-state index contributed by atoms with van der Waals surface area (Å²) in [4.78, 5) is 17.3. The third-order valence-corrected chi connectivity index (χ3v) is 5.98. The van der Waals surface area contributed by atoms with E-state index in [1.165, 1.54) is 0 Å². The van der Waals surface area contributed by atoms with Crippen LogP contribution in [0.1, 0.15) is 68.5 Å². The fourth-order valence-electron chi connectivity index (χ4n) is 3.62. The summed E-state index contributed by atoms with van der Waals surface area (Å²) in [6, 6.07) is 9.77. The van der Waals surface area contributed by atoms with Crippen LogP contribution in [0.5, 0.6) is 0 Å². The number of aromatic nitrogens is 1. The summed E-state index contributed by atoms with van der Waals surface area (Å²) in [5, 5.41) is 5.99. The predicted octanol–water partition coefficient (Wildman–Crippen LogP) is 3.92. The number of benzene rings is 1. The molecule has 1 aliphatic rings. The fraction of sp³-hybridized carbons (Fsp3) is 0.478. The quantitative estimate of drug-likeness (QED) is 0.652. The summed E-state index contributed by atoms with van der Waals surface area (Å²) in [7, 11) is 0. The molecule has 7 heteroatoms. The molecular formula is C23H30N3O3S-. The number of hydrogen-bond acceptors (Lipinski definition) is 5. The Morgan fingerprint density at radius 3 is 2.60 bits per heavy atom. The van der Waals surface area contributed by atoms with Crippen LogP contribution in [0.2, 0.25) is 0 Å². The maximum Gasteiger partial charge on any atom is 0.224 e. The third kappa shape index (κ3) is 5.46. The number of carbonyl (C=O) groups is 1. The molecule has 162 valence electrons. The van der Waals surface area contributed by atoms with Crippen molar-refractivity contribution in [2.75, 3.05) is 11.2 Å². The van der Waals surface area contributed by atoms with Gasteiger partial charge in [-0.05, 0) is 66.1 Å². The number of hydrogen-bond donors (Lipinski definition) is 2. The number of nitrogens with zero attached hydrogens (tertiary/aromatic N) is 1. The molecule has 2 N–H and O–H groups in total. The number of nitrogens with one attached hydrogen (secondary N) is 2. The van der Waals surface area contributed by atoms with Gasteiger partial charge in [0.05, 0.1) is 11.9 Å². The zero-order valence-corrected chi connectivity index (χ0v) is 19.0. The molecule has 1 aromatic heterocycles. The Balaban J connectivity index is 1.57. The van der Waals surface area contributed by atoms with Gasteiger partial charge in [-0.25, -0.2) is 0 Å². The van der Waals surface area contributed by atoms with Crippen molar-refractivity contribution in [2.24, 2.45) is 5.92 Å². The van der Waals surface area contributed by atoms with Gasteiger partial charge >= 0.3 is 0 Å². The van der Waals surface area contributed by atoms with Gasteiger partial charge in [0.15, 0.2) is 0 Å². The van der Waals surface area contributed by atoms with E-state index >= 15 is 0 Å². The standard InChI is InChI=1S/C23H31N3O3S/c1-14-10-16(6-8-20(14)25-13-30(28)29)15(2)26-22(27)19-11-18(19)17-7-9-21(24-12-17)23(3,4)5/h6-10,12,15,18-19,25H,11,13H2,1-5H3,(H,26,27)(H,28,29)/p-1/t15-,18?,19?/m1/s1. The molecule has 30 heavy (non-hydrogen) atoms. The van der Waals surface area contributed by atoms with Crippen LogP contribution in [0.3, 0.4) is 0 Å². The molecule has 6 nitrogen and oxygen atoms in total. The lowest BCUT2D eigenvalue weighted by atomic mass is 9.91. The van der Waals surface area contributed by atoms with E-state index in [9.17, 15) is 13.6 Å². The smallest absolute Gasteiger partial charge is 0.224 e. The summed E-state index contributed by atoms with van der Waals surface area (Å²) in [5.74, 6) is 0.166. The number of amides is 1. The molecule has 0 saturated heterocycles. The molecule has 4 atom stereocenters. The first-order valence-electron chi connectivity index (χ1n) is 10.2. The zero-order valence-electron chi connectivity index (χ0n) is 18.2. The Labute approximate surface area is 181 Å². The fourth-order valence-corrected chi connectivity index (χ4v) is 3.89. The molecule has 0 spiro atoms. The zero-order chi connectivity index (χ0) is 22.1. The SMILES string of the molecule is Cc1cc([C@@H](C)NC(=O)C2CC2c2ccc(C(C)(C)C)nc2)ccc1NCS(=O)[O-]. The highest BCUT2D eigenvalue weighted by Crippen LogP contribution is 2.47. The topological polar surface area (TPSA) is 94.2 Å². The normalized spacial score (nSPS) is 20.3. The van der Waals surface area contributed by atoms with Gasteiger partial charge in [-0.2, -0.15) is 0 Å².